The Morgan fingerprint density at radius 1 is 1.38 bits per heavy atom. The number of aliphatic imine (C=N–C) groups is 1. The molecule has 3 aliphatic rings. The second-order valence-corrected chi connectivity index (χ2v) is 10.3. The van der Waals surface area contributed by atoms with Gasteiger partial charge >= 0.3 is 11.9 Å². The Hall–Kier alpha value is -3.63. The SMILES string of the molecule is O=C(Cc1cccs1)N[C@@H]1C(=O)N2C(C(=O)O)=C(CO/C([O-])=N/c3c[n+](N4CCOCC4)no3)CS[C@H]12. The lowest BCUT2D eigenvalue weighted by molar-refractivity contribution is -0.759. The van der Waals surface area contributed by atoms with Crippen LogP contribution in [0, 0.1) is 0 Å². The van der Waals surface area contributed by atoms with Gasteiger partial charge in [-0.3, -0.25) is 19.0 Å². The Bertz CT molecular complexity index is 1240. The molecule has 2 fully saturated rings. The van der Waals surface area contributed by atoms with Crippen molar-refractivity contribution in [3.8, 4) is 0 Å². The number of thiophene rings is 1. The van der Waals surface area contributed by atoms with E-state index < -0.39 is 29.4 Å². The highest BCUT2D eigenvalue weighted by molar-refractivity contribution is 8.00. The maximum Gasteiger partial charge on any atom is 0.352 e. The lowest BCUT2D eigenvalue weighted by atomic mass is 10.0. The van der Waals surface area contributed by atoms with Gasteiger partial charge in [-0.05, 0) is 17.0 Å². The van der Waals surface area contributed by atoms with Gasteiger partial charge in [0.1, 0.15) is 17.1 Å². The second kappa shape index (κ2) is 10.8. The molecular formula is C21H22N6O8S2. The third-order valence-electron chi connectivity index (χ3n) is 5.77. The predicted molar refractivity (Wildman–Crippen MR) is 126 cm³/mol. The Morgan fingerprint density at radius 3 is 2.92 bits per heavy atom. The van der Waals surface area contributed by atoms with Gasteiger partial charge in [0.05, 0.1) is 37.5 Å². The third-order valence-corrected chi connectivity index (χ3v) is 7.99. The zero-order valence-electron chi connectivity index (χ0n) is 19.3. The maximum atomic E-state index is 12.7. The molecule has 0 bridgehead atoms. The number of carboxylic acids is 1. The minimum absolute atomic E-state index is 0.0823. The van der Waals surface area contributed by atoms with Gasteiger partial charge in [0.2, 0.25) is 11.2 Å². The molecule has 2 aromatic rings. The average molecular weight is 551 g/mol. The summed E-state index contributed by atoms with van der Waals surface area (Å²) in [6.45, 7) is 1.90. The van der Waals surface area contributed by atoms with Gasteiger partial charge in [0, 0.05) is 17.2 Å². The topological polar surface area (TPSA) is 174 Å². The van der Waals surface area contributed by atoms with Crippen molar-refractivity contribution in [2.24, 2.45) is 4.99 Å². The van der Waals surface area contributed by atoms with E-state index in [9.17, 15) is 24.6 Å². The molecule has 0 saturated carbocycles. The number of carboxylic acid groups (broad SMARTS) is 1. The third kappa shape index (κ3) is 5.40. The van der Waals surface area contributed by atoms with E-state index >= 15 is 0 Å². The Morgan fingerprint density at radius 2 is 2.19 bits per heavy atom. The van der Waals surface area contributed by atoms with E-state index in [1.807, 2.05) is 22.5 Å². The number of rotatable bonds is 8. The van der Waals surface area contributed by atoms with E-state index in [4.69, 9.17) is 14.0 Å². The number of nitrogens with zero attached hydrogens (tertiary/aromatic N) is 5. The molecule has 0 aromatic carbocycles. The molecule has 2 amide bonds. The van der Waals surface area contributed by atoms with Crippen molar-refractivity contribution in [1.82, 2.24) is 15.5 Å². The molecule has 14 nitrogen and oxygen atoms in total. The van der Waals surface area contributed by atoms with Crippen LogP contribution in [0.2, 0.25) is 0 Å². The number of thioether (sulfide) groups is 1. The zero-order chi connectivity index (χ0) is 25.9. The number of amides is 2. The van der Waals surface area contributed by atoms with Crippen LogP contribution >= 0.6 is 23.1 Å². The molecule has 5 heterocycles. The lowest BCUT2D eigenvalue weighted by Gasteiger charge is -2.49. The quantitative estimate of drug-likeness (QED) is 0.167. The first-order valence-electron chi connectivity index (χ1n) is 11.2. The van der Waals surface area contributed by atoms with E-state index in [2.05, 4.69) is 15.6 Å². The highest BCUT2D eigenvalue weighted by atomic mass is 32.2. The number of hydrogen-bond donors (Lipinski definition) is 2. The zero-order valence-corrected chi connectivity index (χ0v) is 20.9. The van der Waals surface area contributed by atoms with Crippen LogP contribution in [0.15, 0.2) is 44.5 Å². The summed E-state index contributed by atoms with van der Waals surface area (Å²) in [5, 5.41) is 31.6. The summed E-state index contributed by atoms with van der Waals surface area (Å²) in [6.07, 6.45) is 0.563. The van der Waals surface area contributed by atoms with E-state index in [1.165, 1.54) is 34.1 Å². The number of fused-ring (bicyclic) bond motifs is 1. The van der Waals surface area contributed by atoms with Crippen LogP contribution in [0.4, 0.5) is 5.88 Å². The van der Waals surface area contributed by atoms with Crippen LogP contribution in [-0.2, 0) is 30.3 Å². The first-order valence-corrected chi connectivity index (χ1v) is 13.2. The first-order chi connectivity index (χ1) is 17.9. The van der Waals surface area contributed by atoms with Crippen LogP contribution in [0.25, 0.3) is 0 Å². The smallest absolute Gasteiger partial charge is 0.352 e. The Labute approximate surface area is 218 Å². The van der Waals surface area contributed by atoms with Crippen molar-refractivity contribution >= 4 is 52.9 Å². The van der Waals surface area contributed by atoms with Crippen molar-refractivity contribution in [2.75, 3.05) is 43.7 Å². The summed E-state index contributed by atoms with van der Waals surface area (Å²) < 4.78 is 15.4. The van der Waals surface area contributed by atoms with Gasteiger partial charge in [-0.15, -0.1) is 28.1 Å². The first kappa shape index (κ1) is 25.0. The molecule has 2 atom stereocenters. The van der Waals surface area contributed by atoms with Gasteiger partial charge in [-0.25, -0.2) is 4.79 Å². The lowest BCUT2D eigenvalue weighted by Crippen LogP contribution is -2.70. The fourth-order valence-electron chi connectivity index (χ4n) is 4.03. The number of aliphatic carboxylic acids is 1. The number of hydrogen-bond acceptors (Lipinski definition) is 12. The monoisotopic (exact) mass is 550 g/mol. The number of β-lactam (4-membered cyclic amide) rings is 1. The van der Waals surface area contributed by atoms with Crippen molar-refractivity contribution < 1.29 is 43.4 Å². The van der Waals surface area contributed by atoms with Crippen LogP contribution in [0.5, 0.6) is 0 Å². The second-order valence-electron chi connectivity index (χ2n) is 8.16. The molecule has 37 heavy (non-hydrogen) atoms. The number of carbonyl (C=O) groups is 3. The number of carbonyl (C=O) groups excluding carboxylic acids is 2. The minimum atomic E-state index is -1.33. The van der Waals surface area contributed by atoms with E-state index in [1.54, 1.807) is 0 Å². The standard InChI is InChI=1S/C21H22N6O8S2/c28-14(8-13-2-1-7-36-13)22-16-18(29)27-17(20(30)31)12(11-37-19(16)27)10-34-21(32)23-15-9-26(24-35-15)25-3-5-33-6-4-25/h1-2,7,9,16,19H,3-6,8,10-11H2,(H2-,22,23,24,28,30,31,32)/t16-,19-/m1/s1. The number of aromatic nitrogens is 2. The molecule has 16 heteroatoms. The summed E-state index contributed by atoms with van der Waals surface area (Å²) in [4.78, 5) is 44.2. The van der Waals surface area contributed by atoms with E-state index in [0.717, 1.165) is 9.78 Å². The van der Waals surface area contributed by atoms with E-state index in [-0.39, 0.29) is 41.8 Å². The minimum Gasteiger partial charge on any atom is -0.596 e. The molecule has 0 radical (unpaired) electrons. The van der Waals surface area contributed by atoms with Crippen molar-refractivity contribution in [3.05, 3.63) is 39.9 Å². The molecule has 5 rings (SSSR count). The number of ether oxygens (including phenoxy) is 2. The highest BCUT2D eigenvalue weighted by Crippen LogP contribution is 2.40. The average Bonchev–Trinajstić information content (AvgIpc) is 3.58. The van der Waals surface area contributed by atoms with E-state index in [0.29, 0.717) is 26.3 Å². The largest absolute Gasteiger partial charge is 0.596 e. The molecule has 2 N–H and O–H groups in total. The Balaban J connectivity index is 1.20. The summed E-state index contributed by atoms with van der Waals surface area (Å²) in [5.41, 5.74) is -0.00917. The Kier molecular flexibility index (Phi) is 7.29. The van der Waals surface area contributed by atoms with Crippen LogP contribution in [-0.4, -0.2) is 89.2 Å². The molecule has 0 spiro atoms. The highest BCUT2D eigenvalue weighted by Gasteiger charge is 2.54. The molecule has 0 aliphatic carbocycles. The molecule has 0 unspecified atom stereocenters. The molecule has 3 aliphatic heterocycles. The molecule has 2 saturated heterocycles. The summed E-state index contributed by atoms with van der Waals surface area (Å²) >= 11 is 2.72. The predicted octanol–water partition coefficient (Wildman–Crippen LogP) is -1.66. The van der Waals surface area contributed by atoms with Gasteiger partial charge in [0.25, 0.3) is 12.1 Å². The van der Waals surface area contributed by atoms with Gasteiger partial charge in [0.15, 0.2) is 6.08 Å². The maximum absolute atomic E-state index is 12.7. The molecule has 2 aromatic heterocycles. The summed E-state index contributed by atoms with van der Waals surface area (Å²) in [7, 11) is 0. The van der Waals surface area contributed by atoms with Crippen LogP contribution < -0.4 is 20.2 Å². The molecular weight excluding hydrogens is 528 g/mol. The van der Waals surface area contributed by atoms with Gasteiger partial charge in [-0.2, -0.15) is 4.99 Å². The molecule has 196 valence electrons. The van der Waals surface area contributed by atoms with Crippen LogP contribution in [0.1, 0.15) is 4.88 Å². The van der Waals surface area contributed by atoms with Gasteiger partial charge < -0.3 is 25.0 Å². The normalized spacial score (nSPS) is 21.9. The number of morpholine rings is 1. The fraction of sp³-hybridized carbons (Fsp3) is 0.429. The fourth-order valence-corrected chi connectivity index (χ4v) is 6.06. The number of nitrogens with one attached hydrogen (secondary N) is 1. The van der Waals surface area contributed by atoms with Crippen molar-refractivity contribution in [2.45, 2.75) is 17.8 Å². The summed E-state index contributed by atoms with van der Waals surface area (Å²) in [5.74, 6) is -2.06. The van der Waals surface area contributed by atoms with Crippen molar-refractivity contribution in [1.29, 1.82) is 0 Å². The van der Waals surface area contributed by atoms with Crippen molar-refractivity contribution in [3.63, 3.8) is 0 Å². The van der Waals surface area contributed by atoms with Crippen LogP contribution in [0.3, 0.4) is 0 Å². The van der Waals surface area contributed by atoms with Gasteiger partial charge in [-0.1, -0.05) is 6.07 Å². The summed E-state index contributed by atoms with van der Waals surface area (Å²) in [6, 6.07) is 2.83.